The van der Waals surface area contributed by atoms with Crippen molar-refractivity contribution in [1.29, 1.82) is 5.26 Å². The fourth-order valence-corrected chi connectivity index (χ4v) is 3.78. The Balaban J connectivity index is 2.29. The number of anilines is 1. The normalized spacial score (nSPS) is 29.5. The molecule has 0 aromatic heterocycles. The van der Waals surface area contributed by atoms with Gasteiger partial charge in [-0.1, -0.05) is 44.5 Å². The summed E-state index contributed by atoms with van der Waals surface area (Å²) in [6.45, 7) is 6.70. The van der Waals surface area contributed by atoms with Crippen molar-refractivity contribution in [3.8, 4) is 6.07 Å². The molecule has 102 valence electrons. The lowest BCUT2D eigenvalue weighted by atomic mass is 9.64. The van der Waals surface area contributed by atoms with Crippen LogP contribution in [0.1, 0.15) is 40.0 Å². The van der Waals surface area contributed by atoms with Crippen molar-refractivity contribution >= 4 is 17.3 Å². The maximum Gasteiger partial charge on any atom is 0.126 e. The van der Waals surface area contributed by atoms with E-state index in [0.717, 1.165) is 18.5 Å². The van der Waals surface area contributed by atoms with Crippen molar-refractivity contribution in [1.82, 2.24) is 0 Å². The topological polar surface area (TPSA) is 35.8 Å². The van der Waals surface area contributed by atoms with E-state index in [0.29, 0.717) is 10.9 Å². The number of benzene rings is 1. The number of hydrogen-bond donors (Lipinski definition) is 1. The van der Waals surface area contributed by atoms with Crippen LogP contribution in [-0.4, -0.2) is 5.54 Å². The quantitative estimate of drug-likeness (QED) is 0.837. The highest BCUT2D eigenvalue weighted by atomic mass is 35.5. The Kier molecular flexibility index (Phi) is 3.78. The third-order valence-electron chi connectivity index (χ3n) is 3.84. The van der Waals surface area contributed by atoms with E-state index in [4.69, 9.17) is 11.6 Å². The number of para-hydroxylation sites is 1. The van der Waals surface area contributed by atoms with Crippen molar-refractivity contribution in [2.45, 2.75) is 45.6 Å². The Morgan fingerprint density at radius 2 is 2.00 bits per heavy atom. The maximum absolute atomic E-state index is 9.69. The van der Waals surface area contributed by atoms with Crippen LogP contribution >= 0.6 is 11.6 Å². The van der Waals surface area contributed by atoms with Gasteiger partial charge in [0.1, 0.15) is 5.54 Å². The van der Waals surface area contributed by atoms with Crippen LogP contribution in [0.4, 0.5) is 5.69 Å². The fraction of sp³-hybridized carbons (Fsp3) is 0.562. The Bertz CT molecular complexity index is 504. The third-order valence-corrected chi connectivity index (χ3v) is 4.17. The van der Waals surface area contributed by atoms with E-state index < -0.39 is 5.54 Å². The van der Waals surface area contributed by atoms with Gasteiger partial charge in [0.25, 0.3) is 0 Å². The van der Waals surface area contributed by atoms with Crippen LogP contribution in [0.2, 0.25) is 5.02 Å². The molecule has 19 heavy (non-hydrogen) atoms. The lowest BCUT2D eigenvalue weighted by Crippen LogP contribution is -2.47. The van der Waals surface area contributed by atoms with E-state index in [-0.39, 0.29) is 5.41 Å². The molecule has 1 fully saturated rings. The molecule has 1 aromatic carbocycles. The summed E-state index contributed by atoms with van der Waals surface area (Å²) in [5, 5.41) is 13.8. The molecule has 2 atom stereocenters. The van der Waals surface area contributed by atoms with Gasteiger partial charge in [-0.25, -0.2) is 0 Å². The largest absolute Gasteiger partial charge is 0.366 e. The van der Waals surface area contributed by atoms with E-state index in [1.807, 2.05) is 24.3 Å². The molecule has 0 saturated heterocycles. The second kappa shape index (κ2) is 5.06. The fourth-order valence-electron chi connectivity index (χ4n) is 3.60. The Hall–Kier alpha value is -1.20. The number of nitrogens with one attached hydrogen (secondary N) is 1. The van der Waals surface area contributed by atoms with Crippen molar-refractivity contribution in [2.75, 3.05) is 5.32 Å². The van der Waals surface area contributed by atoms with Crippen LogP contribution in [0.5, 0.6) is 0 Å². The van der Waals surface area contributed by atoms with Crippen molar-refractivity contribution in [2.24, 2.45) is 11.3 Å². The van der Waals surface area contributed by atoms with Gasteiger partial charge in [-0.2, -0.15) is 5.26 Å². The zero-order valence-corrected chi connectivity index (χ0v) is 12.6. The second-order valence-corrected chi connectivity index (χ2v) is 7.06. The molecule has 1 aliphatic carbocycles. The Morgan fingerprint density at radius 3 is 2.58 bits per heavy atom. The molecule has 0 amide bonds. The van der Waals surface area contributed by atoms with Crippen molar-refractivity contribution in [3.05, 3.63) is 29.3 Å². The molecule has 2 unspecified atom stereocenters. The summed E-state index contributed by atoms with van der Waals surface area (Å²) in [6, 6.07) is 10.1. The van der Waals surface area contributed by atoms with Crippen LogP contribution in [0.3, 0.4) is 0 Å². The minimum atomic E-state index is -0.508. The van der Waals surface area contributed by atoms with Gasteiger partial charge in [-0.15, -0.1) is 0 Å². The standard InChI is InChI=1S/C16H21ClN2/c1-12-8-15(2,3)10-16(9-12,11-18)19-14-7-5-4-6-13(14)17/h4-7,12,19H,8-10H2,1-3H3. The monoisotopic (exact) mass is 276 g/mol. The summed E-state index contributed by atoms with van der Waals surface area (Å²) in [6.07, 6.45) is 2.89. The first-order chi connectivity index (χ1) is 8.86. The highest BCUT2D eigenvalue weighted by Gasteiger charge is 2.43. The van der Waals surface area contributed by atoms with Crippen molar-refractivity contribution in [3.63, 3.8) is 0 Å². The average molecular weight is 277 g/mol. The predicted octanol–water partition coefficient (Wildman–Crippen LogP) is 4.86. The lowest BCUT2D eigenvalue weighted by Gasteiger charge is -2.44. The maximum atomic E-state index is 9.69. The highest BCUT2D eigenvalue weighted by molar-refractivity contribution is 6.33. The molecule has 2 nitrogen and oxygen atoms in total. The predicted molar refractivity (Wildman–Crippen MR) is 80.2 cm³/mol. The van der Waals surface area contributed by atoms with E-state index in [1.165, 1.54) is 6.42 Å². The summed E-state index contributed by atoms with van der Waals surface area (Å²) in [5.41, 5.74) is 0.531. The number of halogens is 1. The first-order valence-corrected chi connectivity index (χ1v) is 7.18. The Labute approximate surface area is 120 Å². The SMILES string of the molecule is CC1CC(C)(C)CC(C#N)(Nc2ccccc2Cl)C1. The van der Waals surface area contributed by atoms with Gasteiger partial charge >= 0.3 is 0 Å². The van der Waals surface area contributed by atoms with Gasteiger partial charge in [0, 0.05) is 0 Å². The van der Waals surface area contributed by atoms with Crippen molar-refractivity contribution < 1.29 is 0 Å². The zero-order chi connectivity index (χ0) is 14.1. The number of nitrogens with zero attached hydrogens (tertiary/aromatic N) is 1. The summed E-state index contributed by atoms with van der Waals surface area (Å²) in [4.78, 5) is 0. The number of hydrogen-bond acceptors (Lipinski definition) is 2. The summed E-state index contributed by atoms with van der Waals surface area (Å²) < 4.78 is 0. The Morgan fingerprint density at radius 1 is 1.32 bits per heavy atom. The number of rotatable bonds is 2. The second-order valence-electron chi connectivity index (χ2n) is 6.65. The average Bonchev–Trinajstić information content (AvgIpc) is 2.29. The van der Waals surface area contributed by atoms with E-state index >= 15 is 0 Å². The van der Waals surface area contributed by atoms with E-state index in [9.17, 15) is 5.26 Å². The van der Waals surface area contributed by atoms with Gasteiger partial charge in [-0.3, -0.25) is 0 Å². The summed E-state index contributed by atoms with van der Waals surface area (Å²) in [5.74, 6) is 0.540. The first kappa shape index (κ1) is 14.2. The highest BCUT2D eigenvalue weighted by Crippen LogP contribution is 2.45. The molecule has 1 saturated carbocycles. The minimum absolute atomic E-state index is 0.182. The molecule has 2 rings (SSSR count). The molecule has 3 heteroatoms. The molecule has 1 N–H and O–H groups in total. The van der Waals surface area contributed by atoms with E-state index in [1.54, 1.807) is 0 Å². The van der Waals surface area contributed by atoms with Gasteiger partial charge in [0.2, 0.25) is 0 Å². The third kappa shape index (κ3) is 3.22. The first-order valence-electron chi connectivity index (χ1n) is 6.80. The van der Waals surface area contributed by atoms with Gasteiger partial charge in [0.05, 0.1) is 16.8 Å². The van der Waals surface area contributed by atoms with Crippen LogP contribution in [0.25, 0.3) is 0 Å². The molecule has 0 radical (unpaired) electrons. The minimum Gasteiger partial charge on any atom is -0.366 e. The van der Waals surface area contributed by atoms with E-state index in [2.05, 4.69) is 32.2 Å². The molecule has 0 spiro atoms. The zero-order valence-electron chi connectivity index (χ0n) is 11.8. The molecule has 0 bridgehead atoms. The number of nitriles is 1. The van der Waals surface area contributed by atoms with Crippen LogP contribution in [-0.2, 0) is 0 Å². The van der Waals surface area contributed by atoms with Gasteiger partial charge < -0.3 is 5.32 Å². The molecule has 0 heterocycles. The molecule has 0 aliphatic heterocycles. The molecule has 1 aromatic rings. The molecular formula is C16H21ClN2. The van der Waals surface area contributed by atoms with Gasteiger partial charge in [0.15, 0.2) is 0 Å². The smallest absolute Gasteiger partial charge is 0.126 e. The van der Waals surface area contributed by atoms with Gasteiger partial charge in [-0.05, 0) is 42.7 Å². The van der Waals surface area contributed by atoms with Crippen LogP contribution < -0.4 is 5.32 Å². The summed E-state index contributed by atoms with van der Waals surface area (Å²) in [7, 11) is 0. The molecule has 1 aliphatic rings. The lowest BCUT2D eigenvalue weighted by molar-refractivity contribution is 0.149. The van der Waals surface area contributed by atoms with Crippen LogP contribution in [0, 0.1) is 22.7 Å². The van der Waals surface area contributed by atoms with Crippen LogP contribution in [0.15, 0.2) is 24.3 Å². The summed E-state index contributed by atoms with van der Waals surface area (Å²) >= 11 is 6.20. The molecular weight excluding hydrogens is 256 g/mol.